The molecular formula is C11H17NOS. The predicted octanol–water partition coefficient (Wildman–Crippen LogP) is 2.47. The summed E-state index contributed by atoms with van der Waals surface area (Å²) in [5.41, 5.74) is -0.437. The van der Waals surface area contributed by atoms with Crippen LogP contribution in [-0.2, 0) is 0 Å². The summed E-state index contributed by atoms with van der Waals surface area (Å²) < 4.78 is 0. The van der Waals surface area contributed by atoms with E-state index in [0.717, 1.165) is 25.7 Å². The van der Waals surface area contributed by atoms with Gasteiger partial charge < -0.3 is 5.11 Å². The van der Waals surface area contributed by atoms with E-state index in [1.54, 1.807) is 0 Å². The molecule has 0 amide bonds. The molecule has 0 aromatic carbocycles. The van der Waals surface area contributed by atoms with Crippen molar-refractivity contribution in [2.75, 3.05) is 0 Å². The first kappa shape index (κ1) is 10.3. The zero-order valence-electron chi connectivity index (χ0n) is 8.41. The molecule has 2 bridgehead atoms. The van der Waals surface area contributed by atoms with Crippen LogP contribution in [0, 0.1) is 11.3 Å². The smallest absolute Gasteiger partial charge is 0.0669 e. The maximum atomic E-state index is 10.4. The number of nitriles is 1. The summed E-state index contributed by atoms with van der Waals surface area (Å²) in [5.74, 6) is 0. The number of thioether (sulfide) groups is 1. The number of rotatable bonds is 3. The fraction of sp³-hybridized carbons (Fsp3) is 0.909. The molecule has 14 heavy (non-hydrogen) atoms. The lowest BCUT2D eigenvalue weighted by Gasteiger charge is -2.35. The van der Waals surface area contributed by atoms with Gasteiger partial charge in [0.05, 0.1) is 11.7 Å². The van der Waals surface area contributed by atoms with E-state index >= 15 is 0 Å². The molecule has 2 fully saturated rings. The number of aliphatic hydroxyl groups is 1. The molecule has 2 aliphatic rings. The van der Waals surface area contributed by atoms with Crippen molar-refractivity contribution < 1.29 is 5.11 Å². The van der Waals surface area contributed by atoms with Crippen LogP contribution < -0.4 is 0 Å². The van der Waals surface area contributed by atoms with Crippen molar-refractivity contribution in [3.05, 3.63) is 0 Å². The van der Waals surface area contributed by atoms with Crippen molar-refractivity contribution in [1.82, 2.24) is 0 Å². The van der Waals surface area contributed by atoms with E-state index in [1.165, 1.54) is 12.8 Å². The van der Waals surface area contributed by atoms with Crippen LogP contribution in [-0.4, -0.2) is 21.2 Å². The van der Waals surface area contributed by atoms with Crippen molar-refractivity contribution in [3.8, 4) is 6.07 Å². The molecule has 2 rings (SSSR count). The van der Waals surface area contributed by atoms with Gasteiger partial charge in [0.2, 0.25) is 0 Å². The lowest BCUT2D eigenvalue weighted by atomic mass is 9.88. The SMILES string of the molecule is N#CCCCC1(O)CC2CCC(C1)S2. The quantitative estimate of drug-likeness (QED) is 0.729. The first-order valence-corrected chi connectivity index (χ1v) is 6.41. The highest BCUT2D eigenvalue weighted by Gasteiger charge is 2.42. The average Bonchev–Trinajstić information content (AvgIpc) is 2.46. The molecule has 0 spiro atoms. The van der Waals surface area contributed by atoms with Crippen molar-refractivity contribution in [1.29, 1.82) is 5.26 Å². The third-order valence-corrected chi connectivity index (χ3v) is 4.92. The molecule has 2 saturated heterocycles. The second-order valence-electron chi connectivity index (χ2n) is 4.60. The van der Waals surface area contributed by atoms with Gasteiger partial charge >= 0.3 is 0 Å². The lowest BCUT2D eigenvalue weighted by Crippen LogP contribution is -2.37. The van der Waals surface area contributed by atoms with Crippen LogP contribution in [0.25, 0.3) is 0 Å². The van der Waals surface area contributed by atoms with Gasteiger partial charge in [-0.2, -0.15) is 17.0 Å². The minimum Gasteiger partial charge on any atom is -0.390 e. The van der Waals surface area contributed by atoms with Gasteiger partial charge in [0.15, 0.2) is 0 Å². The second-order valence-corrected chi connectivity index (χ2v) is 6.21. The Morgan fingerprint density at radius 3 is 2.57 bits per heavy atom. The third kappa shape index (κ3) is 2.24. The largest absolute Gasteiger partial charge is 0.390 e. The van der Waals surface area contributed by atoms with Crippen LogP contribution in [0.2, 0.25) is 0 Å². The van der Waals surface area contributed by atoms with Crippen LogP contribution in [0.4, 0.5) is 0 Å². The molecule has 0 radical (unpaired) electrons. The number of hydrogen-bond donors (Lipinski definition) is 1. The maximum Gasteiger partial charge on any atom is 0.0669 e. The van der Waals surface area contributed by atoms with Crippen LogP contribution in [0.5, 0.6) is 0 Å². The average molecular weight is 211 g/mol. The minimum absolute atomic E-state index is 0.437. The standard InChI is InChI=1S/C11H17NOS/c12-6-2-1-5-11(13)7-9-3-4-10(8-11)14-9/h9-10,13H,1-5,7-8H2. The molecule has 2 heterocycles. The highest BCUT2D eigenvalue weighted by Crippen LogP contribution is 2.48. The predicted molar refractivity (Wildman–Crippen MR) is 58.0 cm³/mol. The molecule has 78 valence electrons. The summed E-state index contributed by atoms with van der Waals surface area (Å²) in [6.45, 7) is 0. The Morgan fingerprint density at radius 1 is 1.36 bits per heavy atom. The zero-order chi connectivity index (χ0) is 10.0. The fourth-order valence-electron chi connectivity index (χ4n) is 2.71. The second kappa shape index (κ2) is 4.12. The molecule has 1 N–H and O–H groups in total. The summed E-state index contributed by atoms with van der Waals surface area (Å²) in [6.07, 6.45) is 6.76. The summed E-state index contributed by atoms with van der Waals surface area (Å²) in [4.78, 5) is 0. The Balaban J connectivity index is 1.86. The minimum atomic E-state index is -0.437. The van der Waals surface area contributed by atoms with Gasteiger partial charge in [-0.3, -0.25) is 0 Å². The summed E-state index contributed by atoms with van der Waals surface area (Å²) >= 11 is 2.07. The van der Waals surface area contributed by atoms with Gasteiger partial charge in [0, 0.05) is 16.9 Å². The maximum absolute atomic E-state index is 10.4. The zero-order valence-corrected chi connectivity index (χ0v) is 9.22. The van der Waals surface area contributed by atoms with Crippen molar-refractivity contribution >= 4 is 11.8 Å². The summed E-state index contributed by atoms with van der Waals surface area (Å²) in [5, 5.41) is 20.2. The third-order valence-electron chi connectivity index (χ3n) is 3.34. The van der Waals surface area contributed by atoms with Gasteiger partial charge in [-0.15, -0.1) is 0 Å². The Kier molecular flexibility index (Phi) is 3.04. The van der Waals surface area contributed by atoms with Crippen molar-refractivity contribution in [2.24, 2.45) is 0 Å². The van der Waals surface area contributed by atoms with Gasteiger partial charge in [-0.25, -0.2) is 0 Å². The summed E-state index contributed by atoms with van der Waals surface area (Å²) in [6, 6.07) is 2.15. The molecular weight excluding hydrogens is 194 g/mol. The number of nitrogens with zero attached hydrogens (tertiary/aromatic N) is 1. The van der Waals surface area contributed by atoms with Crippen LogP contribution >= 0.6 is 11.8 Å². The van der Waals surface area contributed by atoms with Gasteiger partial charge in [0.25, 0.3) is 0 Å². The van der Waals surface area contributed by atoms with Crippen LogP contribution in [0.3, 0.4) is 0 Å². The van der Waals surface area contributed by atoms with E-state index in [0.29, 0.717) is 16.9 Å². The Hall–Kier alpha value is -0.200. The molecule has 3 heteroatoms. The molecule has 2 nitrogen and oxygen atoms in total. The monoisotopic (exact) mass is 211 g/mol. The summed E-state index contributed by atoms with van der Waals surface area (Å²) in [7, 11) is 0. The van der Waals surface area contributed by atoms with Gasteiger partial charge in [0.1, 0.15) is 0 Å². The van der Waals surface area contributed by atoms with E-state index in [-0.39, 0.29) is 0 Å². The van der Waals surface area contributed by atoms with Crippen molar-refractivity contribution in [2.45, 2.75) is 61.0 Å². The fourth-order valence-corrected chi connectivity index (χ4v) is 4.61. The Morgan fingerprint density at radius 2 is 2.00 bits per heavy atom. The Labute approximate surface area is 89.7 Å². The number of hydrogen-bond acceptors (Lipinski definition) is 3. The molecule has 2 atom stereocenters. The molecule has 0 aromatic rings. The van der Waals surface area contributed by atoms with Gasteiger partial charge in [-0.05, 0) is 38.5 Å². The normalized spacial score (nSPS) is 40.9. The molecule has 2 aliphatic heterocycles. The molecule has 0 saturated carbocycles. The van der Waals surface area contributed by atoms with E-state index in [9.17, 15) is 5.11 Å². The van der Waals surface area contributed by atoms with Crippen LogP contribution in [0.1, 0.15) is 44.9 Å². The first-order valence-electron chi connectivity index (χ1n) is 5.47. The van der Waals surface area contributed by atoms with E-state index in [1.807, 2.05) is 0 Å². The van der Waals surface area contributed by atoms with E-state index < -0.39 is 5.60 Å². The molecule has 0 aromatic heterocycles. The lowest BCUT2D eigenvalue weighted by molar-refractivity contribution is 0.0139. The highest BCUT2D eigenvalue weighted by molar-refractivity contribution is 8.00. The van der Waals surface area contributed by atoms with Crippen molar-refractivity contribution in [3.63, 3.8) is 0 Å². The van der Waals surface area contributed by atoms with Gasteiger partial charge in [-0.1, -0.05) is 0 Å². The Bertz CT molecular complexity index is 236. The highest BCUT2D eigenvalue weighted by atomic mass is 32.2. The number of unbranched alkanes of at least 4 members (excludes halogenated alkanes) is 1. The number of fused-ring (bicyclic) bond motifs is 2. The van der Waals surface area contributed by atoms with E-state index in [2.05, 4.69) is 17.8 Å². The molecule has 2 unspecified atom stereocenters. The molecule has 0 aliphatic carbocycles. The first-order chi connectivity index (χ1) is 6.72. The van der Waals surface area contributed by atoms with Crippen LogP contribution in [0.15, 0.2) is 0 Å². The van der Waals surface area contributed by atoms with E-state index in [4.69, 9.17) is 5.26 Å². The topological polar surface area (TPSA) is 44.0 Å².